The molecule has 2 unspecified atom stereocenters. The molecule has 2 aliphatic rings. The first-order chi connectivity index (χ1) is 6.51. The average Bonchev–Trinajstić information content (AvgIpc) is 2.57. The summed E-state index contributed by atoms with van der Waals surface area (Å²) in [5.74, 6) is 0.539. The molecule has 14 heavy (non-hydrogen) atoms. The van der Waals surface area contributed by atoms with Crippen LogP contribution in [0.4, 0.5) is 0 Å². The number of likely N-dealkylation sites (tertiary alicyclic amines) is 1. The van der Waals surface area contributed by atoms with Crippen molar-refractivity contribution in [1.29, 1.82) is 0 Å². The number of carboxylic acids is 1. The van der Waals surface area contributed by atoms with E-state index in [2.05, 4.69) is 24.1 Å². The summed E-state index contributed by atoms with van der Waals surface area (Å²) >= 11 is 0. The van der Waals surface area contributed by atoms with Crippen molar-refractivity contribution in [3.05, 3.63) is 0 Å². The molecule has 0 radical (unpaired) electrons. The molecule has 2 aliphatic heterocycles. The maximum atomic E-state index is 10.7. The van der Waals surface area contributed by atoms with Crippen LogP contribution in [0, 0.1) is 11.8 Å². The fraction of sp³-hybridized carbons (Fsp3) is 0.900. The molecular weight excluding hydrogens is 180 g/mol. The van der Waals surface area contributed by atoms with Crippen LogP contribution in [0.15, 0.2) is 0 Å². The Morgan fingerprint density at radius 2 is 2.29 bits per heavy atom. The van der Waals surface area contributed by atoms with Gasteiger partial charge in [0.1, 0.15) is 0 Å². The zero-order valence-corrected chi connectivity index (χ0v) is 8.79. The minimum absolute atomic E-state index is 0.0343. The molecule has 0 aromatic carbocycles. The van der Waals surface area contributed by atoms with Gasteiger partial charge in [0.15, 0.2) is 0 Å². The number of hydrogen-bond acceptors (Lipinski definition) is 3. The molecule has 0 aliphatic carbocycles. The first-order valence-electron chi connectivity index (χ1n) is 5.19. The predicted molar refractivity (Wildman–Crippen MR) is 53.1 cm³/mol. The van der Waals surface area contributed by atoms with Gasteiger partial charge in [0, 0.05) is 18.6 Å². The third-order valence-corrected chi connectivity index (χ3v) is 3.84. The van der Waals surface area contributed by atoms with Crippen LogP contribution in [0.5, 0.6) is 0 Å². The van der Waals surface area contributed by atoms with Crippen LogP contribution < -0.4 is 5.32 Å². The van der Waals surface area contributed by atoms with Crippen LogP contribution in [0.25, 0.3) is 0 Å². The first kappa shape index (κ1) is 9.93. The summed E-state index contributed by atoms with van der Waals surface area (Å²) < 4.78 is 0. The number of nitrogens with zero attached hydrogens (tertiary/aromatic N) is 1. The lowest BCUT2D eigenvalue weighted by molar-refractivity contribution is -0.139. The number of aliphatic carboxylic acids is 1. The van der Waals surface area contributed by atoms with Crippen LogP contribution in [-0.4, -0.2) is 47.7 Å². The normalized spacial score (nSPS) is 35.9. The van der Waals surface area contributed by atoms with Gasteiger partial charge in [0.25, 0.3) is 0 Å². The Morgan fingerprint density at radius 1 is 1.57 bits per heavy atom. The average molecular weight is 198 g/mol. The smallest absolute Gasteiger partial charge is 0.317 e. The summed E-state index contributed by atoms with van der Waals surface area (Å²) in [4.78, 5) is 12.8. The Hall–Kier alpha value is -0.610. The highest BCUT2D eigenvalue weighted by Gasteiger charge is 2.49. The fourth-order valence-corrected chi connectivity index (χ4v) is 2.94. The van der Waals surface area contributed by atoms with E-state index in [1.165, 1.54) is 0 Å². The van der Waals surface area contributed by atoms with E-state index >= 15 is 0 Å². The number of nitrogens with one attached hydrogen (secondary N) is 1. The van der Waals surface area contributed by atoms with Crippen LogP contribution in [0.3, 0.4) is 0 Å². The van der Waals surface area contributed by atoms with Crippen molar-refractivity contribution < 1.29 is 9.90 Å². The molecule has 4 nitrogen and oxygen atoms in total. The Balaban J connectivity index is 2.11. The van der Waals surface area contributed by atoms with Crippen molar-refractivity contribution in [1.82, 2.24) is 10.2 Å². The first-order valence-corrected chi connectivity index (χ1v) is 5.19. The molecule has 0 saturated carbocycles. The van der Waals surface area contributed by atoms with Gasteiger partial charge >= 0.3 is 5.97 Å². The standard InChI is InChI=1S/C10H18N2O2/c1-10(2)8-4-11-3-7(8)5-12(10)6-9(13)14/h7-8,11H,3-6H2,1-2H3,(H,13,14). The van der Waals surface area contributed by atoms with Crippen LogP contribution >= 0.6 is 0 Å². The van der Waals surface area contributed by atoms with Crippen molar-refractivity contribution in [2.75, 3.05) is 26.2 Å². The van der Waals surface area contributed by atoms with Crippen LogP contribution in [0.1, 0.15) is 13.8 Å². The van der Waals surface area contributed by atoms with E-state index in [0.717, 1.165) is 19.6 Å². The highest BCUT2D eigenvalue weighted by Crippen LogP contribution is 2.40. The van der Waals surface area contributed by atoms with Crippen molar-refractivity contribution in [2.45, 2.75) is 19.4 Å². The highest BCUT2D eigenvalue weighted by molar-refractivity contribution is 5.69. The van der Waals surface area contributed by atoms with E-state index in [1.54, 1.807) is 0 Å². The SMILES string of the molecule is CC1(C)C2CNCC2CN1CC(=O)O. The molecule has 4 heteroatoms. The zero-order valence-electron chi connectivity index (χ0n) is 8.79. The number of carbonyl (C=O) groups is 1. The summed E-state index contributed by atoms with van der Waals surface area (Å²) in [5, 5.41) is 12.2. The van der Waals surface area contributed by atoms with Gasteiger partial charge in [-0.2, -0.15) is 0 Å². The lowest BCUT2D eigenvalue weighted by Crippen LogP contribution is -2.46. The van der Waals surface area contributed by atoms with E-state index in [9.17, 15) is 4.79 Å². The Morgan fingerprint density at radius 3 is 2.86 bits per heavy atom. The quantitative estimate of drug-likeness (QED) is 0.656. The number of rotatable bonds is 2. The molecule has 0 amide bonds. The molecule has 2 saturated heterocycles. The Bertz CT molecular complexity index is 253. The van der Waals surface area contributed by atoms with Gasteiger partial charge in [-0.25, -0.2) is 0 Å². The monoisotopic (exact) mass is 198 g/mol. The van der Waals surface area contributed by atoms with Crippen molar-refractivity contribution in [3.63, 3.8) is 0 Å². The molecule has 80 valence electrons. The number of carboxylic acid groups (broad SMARTS) is 1. The summed E-state index contributed by atoms with van der Waals surface area (Å²) in [6.45, 7) is 7.51. The van der Waals surface area contributed by atoms with Crippen molar-refractivity contribution in [2.24, 2.45) is 11.8 Å². The maximum Gasteiger partial charge on any atom is 0.317 e. The lowest BCUT2D eigenvalue weighted by Gasteiger charge is -2.34. The zero-order chi connectivity index (χ0) is 10.3. The molecule has 2 fully saturated rings. The predicted octanol–water partition coefficient (Wildman–Crippen LogP) is 0.000800. The van der Waals surface area contributed by atoms with E-state index in [-0.39, 0.29) is 12.1 Å². The number of hydrogen-bond donors (Lipinski definition) is 2. The summed E-state index contributed by atoms with van der Waals surface area (Å²) in [7, 11) is 0. The van der Waals surface area contributed by atoms with Crippen molar-refractivity contribution in [3.8, 4) is 0 Å². The van der Waals surface area contributed by atoms with E-state index < -0.39 is 5.97 Å². The largest absolute Gasteiger partial charge is 0.480 e. The maximum absolute atomic E-state index is 10.7. The molecule has 0 aromatic rings. The molecule has 2 rings (SSSR count). The van der Waals surface area contributed by atoms with Gasteiger partial charge in [-0.15, -0.1) is 0 Å². The Labute approximate surface area is 84.3 Å². The van der Waals surface area contributed by atoms with E-state index in [4.69, 9.17) is 5.11 Å². The third kappa shape index (κ3) is 1.42. The molecule has 2 heterocycles. The van der Waals surface area contributed by atoms with Gasteiger partial charge < -0.3 is 10.4 Å². The topological polar surface area (TPSA) is 52.6 Å². The molecule has 2 N–H and O–H groups in total. The van der Waals surface area contributed by atoms with Gasteiger partial charge in [-0.05, 0) is 32.2 Å². The lowest BCUT2D eigenvalue weighted by atomic mass is 9.85. The minimum atomic E-state index is -0.717. The second-order valence-corrected chi connectivity index (χ2v) is 4.95. The summed E-state index contributed by atoms with van der Waals surface area (Å²) in [5.41, 5.74) is 0.0343. The Kier molecular flexibility index (Phi) is 2.27. The second-order valence-electron chi connectivity index (χ2n) is 4.95. The number of fused-ring (bicyclic) bond motifs is 1. The van der Waals surface area contributed by atoms with Crippen LogP contribution in [-0.2, 0) is 4.79 Å². The van der Waals surface area contributed by atoms with Gasteiger partial charge in [-0.1, -0.05) is 0 Å². The fourth-order valence-electron chi connectivity index (χ4n) is 2.94. The summed E-state index contributed by atoms with van der Waals surface area (Å²) in [6, 6.07) is 0. The molecule has 0 aromatic heterocycles. The minimum Gasteiger partial charge on any atom is -0.480 e. The second kappa shape index (κ2) is 3.21. The molecule has 2 atom stereocenters. The van der Waals surface area contributed by atoms with Crippen molar-refractivity contribution >= 4 is 5.97 Å². The van der Waals surface area contributed by atoms with Gasteiger partial charge in [-0.3, -0.25) is 9.69 Å². The highest BCUT2D eigenvalue weighted by atomic mass is 16.4. The van der Waals surface area contributed by atoms with Gasteiger partial charge in [0.2, 0.25) is 0 Å². The molecular formula is C10H18N2O2. The van der Waals surface area contributed by atoms with Gasteiger partial charge in [0.05, 0.1) is 6.54 Å². The van der Waals surface area contributed by atoms with Crippen LogP contribution in [0.2, 0.25) is 0 Å². The summed E-state index contributed by atoms with van der Waals surface area (Å²) in [6.07, 6.45) is 0. The molecule has 0 bridgehead atoms. The molecule has 0 spiro atoms. The van der Waals surface area contributed by atoms with E-state index in [0.29, 0.717) is 11.8 Å². The third-order valence-electron chi connectivity index (χ3n) is 3.84. The van der Waals surface area contributed by atoms with E-state index in [1.807, 2.05) is 0 Å².